The minimum atomic E-state index is -1.11. The highest BCUT2D eigenvalue weighted by molar-refractivity contribution is 5.95. The molecule has 0 saturated carbocycles. The number of amides is 2. The van der Waals surface area contributed by atoms with Gasteiger partial charge in [-0.1, -0.05) is 12.1 Å². The van der Waals surface area contributed by atoms with Crippen molar-refractivity contribution in [2.24, 2.45) is 0 Å². The smallest absolute Gasteiger partial charge is 0.328 e. The van der Waals surface area contributed by atoms with Crippen LogP contribution in [0.25, 0.3) is 0 Å². The van der Waals surface area contributed by atoms with Gasteiger partial charge in [0.25, 0.3) is 0 Å². The predicted molar refractivity (Wildman–Crippen MR) is 73.9 cm³/mol. The SMILES string of the molecule is CN(C(=O)N1CCOCC1C(=O)O)c1ccccc1C#N. The minimum absolute atomic E-state index is 0.0329. The van der Waals surface area contributed by atoms with E-state index >= 15 is 0 Å². The Bertz CT molecular complexity index is 596. The summed E-state index contributed by atoms with van der Waals surface area (Å²) in [5.74, 6) is -1.11. The second-order valence-corrected chi connectivity index (χ2v) is 4.59. The first kappa shape index (κ1) is 14.8. The van der Waals surface area contributed by atoms with Crippen molar-refractivity contribution in [2.45, 2.75) is 6.04 Å². The van der Waals surface area contributed by atoms with Crippen molar-refractivity contribution in [2.75, 3.05) is 31.7 Å². The van der Waals surface area contributed by atoms with Crippen LogP contribution < -0.4 is 4.90 Å². The lowest BCUT2D eigenvalue weighted by Gasteiger charge is -2.35. The first-order chi connectivity index (χ1) is 10.1. The lowest BCUT2D eigenvalue weighted by atomic mass is 10.2. The van der Waals surface area contributed by atoms with E-state index in [1.54, 1.807) is 24.3 Å². The average Bonchev–Trinajstić information content (AvgIpc) is 2.53. The van der Waals surface area contributed by atoms with Gasteiger partial charge in [-0.25, -0.2) is 9.59 Å². The van der Waals surface area contributed by atoms with E-state index in [1.165, 1.54) is 16.8 Å². The highest BCUT2D eigenvalue weighted by Crippen LogP contribution is 2.21. The van der Waals surface area contributed by atoms with Gasteiger partial charge in [-0.05, 0) is 12.1 Å². The van der Waals surface area contributed by atoms with E-state index in [9.17, 15) is 9.59 Å². The Labute approximate surface area is 121 Å². The number of ether oxygens (including phenoxy) is 1. The van der Waals surface area contributed by atoms with Gasteiger partial charge in [-0.15, -0.1) is 0 Å². The van der Waals surface area contributed by atoms with Crippen LogP contribution >= 0.6 is 0 Å². The Balaban J connectivity index is 2.26. The summed E-state index contributed by atoms with van der Waals surface area (Å²) < 4.78 is 5.11. The third kappa shape index (κ3) is 2.95. The first-order valence-electron chi connectivity index (χ1n) is 6.40. The van der Waals surface area contributed by atoms with Gasteiger partial charge >= 0.3 is 12.0 Å². The fourth-order valence-corrected chi connectivity index (χ4v) is 2.19. The van der Waals surface area contributed by atoms with Crippen LogP contribution in [0.1, 0.15) is 5.56 Å². The summed E-state index contributed by atoms with van der Waals surface area (Å²) in [4.78, 5) is 26.3. The van der Waals surface area contributed by atoms with Gasteiger partial charge in [0.05, 0.1) is 24.5 Å². The van der Waals surface area contributed by atoms with E-state index in [0.29, 0.717) is 17.9 Å². The number of benzene rings is 1. The molecule has 0 aliphatic carbocycles. The molecule has 7 heteroatoms. The number of nitrogens with zero attached hydrogens (tertiary/aromatic N) is 3. The van der Waals surface area contributed by atoms with Gasteiger partial charge in [0, 0.05) is 13.6 Å². The molecule has 0 spiro atoms. The Morgan fingerprint density at radius 2 is 2.19 bits per heavy atom. The van der Waals surface area contributed by atoms with Crippen LogP contribution in [0.5, 0.6) is 0 Å². The van der Waals surface area contributed by atoms with E-state index in [-0.39, 0.29) is 13.2 Å². The van der Waals surface area contributed by atoms with Crippen LogP contribution in [0.2, 0.25) is 0 Å². The number of hydrogen-bond donors (Lipinski definition) is 1. The topological polar surface area (TPSA) is 93.9 Å². The van der Waals surface area contributed by atoms with E-state index in [0.717, 1.165) is 0 Å². The van der Waals surface area contributed by atoms with Crippen molar-refractivity contribution in [1.82, 2.24) is 4.90 Å². The van der Waals surface area contributed by atoms with Crippen molar-refractivity contribution in [3.63, 3.8) is 0 Å². The maximum atomic E-state index is 12.5. The monoisotopic (exact) mass is 289 g/mol. The lowest BCUT2D eigenvalue weighted by molar-refractivity contribution is -0.147. The molecule has 1 atom stereocenters. The number of rotatable bonds is 2. The second-order valence-electron chi connectivity index (χ2n) is 4.59. The number of carbonyl (C=O) groups is 2. The van der Waals surface area contributed by atoms with Crippen LogP contribution in [-0.2, 0) is 9.53 Å². The minimum Gasteiger partial charge on any atom is -0.480 e. The van der Waals surface area contributed by atoms with E-state index in [1.807, 2.05) is 6.07 Å². The van der Waals surface area contributed by atoms with Gasteiger partial charge in [0.1, 0.15) is 6.07 Å². The highest BCUT2D eigenvalue weighted by Gasteiger charge is 2.34. The number of hydrogen-bond acceptors (Lipinski definition) is 4. The molecule has 1 aliphatic rings. The third-order valence-electron chi connectivity index (χ3n) is 3.33. The third-order valence-corrected chi connectivity index (χ3v) is 3.33. The number of urea groups is 1. The summed E-state index contributed by atoms with van der Waals surface area (Å²) in [5.41, 5.74) is 0.800. The summed E-state index contributed by atoms with van der Waals surface area (Å²) in [6, 6.07) is 7.21. The standard InChI is InChI=1S/C14H15N3O4/c1-16(11-5-3-2-4-10(11)8-15)14(20)17-6-7-21-9-12(17)13(18)19/h2-5,12H,6-7,9H2,1H3,(H,18,19). The molecular formula is C14H15N3O4. The van der Waals surface area contributed by atoms with Gasteiger partial charge in [-0.2, -0.15) is 5.26 Å². The number of carboxylic acids is 1. The number of carbonyl (C=O) groups excluding carboxylic acids is 1. The Morgan fingerprint density at radius 3 is 2.86 bits per heavy atom. The van der Waals surface area contributed by atoms with Crippen LogP contribution in [0.3, 0.4) is 0 Å². The van der Waals surface area contributed by atoms with E-state index in [4.69, 9.17) is 15.1 Å². The summed E-state index contributed by atoms with van der Waals surface area (Å²) >= 11 is 0. The van der Waals surface area contributed by atoms with Crippen LogP contribution in [0.4, 0.5) is 10.5 Å². The number of morpholine rings is 1. The fraction of sp³-hybridized carbons (Fsp3) is 0.357. The molecule has 0 radical (unpaired) electrons. The van der Waals surface area contributed by atoms with Crippen LogP contribution in [0.15, 0.2) is 24.3 Å². The van der Waals surface area contributed by atoms with Crippen LogP contribution in [0, 0.1) is 11.3 Å². The van der Waals surface area contributed by atoms with Crippen molar-refractivity contribution < 1.29 is 19.4 Å². The second kappa shape index (κ2) is 6.24. The summed E-state index contributed by atoms with van der Waals surface area (Å²) in [7, 11) is 1.52. The van der Waals surface area contributed by atoms with E-state index in [2.05, 4.69) is 0 Å². The number of nitriles is 1. The molecule has 21 heavy (non-hydrogen) atoms. The molecular weight excluding hydrogens is 274 g/mol. The zero-order valence-electron chi connectivity index (χ0n) is 11.5. The number of carboxylic acid groups (broad SMARTS) is 1. The molecule has 1 heterocycles. The molecule has 1 aliphatic heterocycles. The molecule has 2 amide bonds. The van der Waals surface area contributed by atoms with Gasteiger partial charge in [0.2, 0.25) is 0 Å². The molecule has 1 unspecified atom stereocenters. The number of aliphatic carboxylic acids is 1. The molecule has 1 saturated heterocycles. The molecule has 1 aromatic carbocycles. The Kier molecular flexibility index (Phi) is 4.40. The fourth-order valence-electron chi connectivity index (χ4n) is 2.19. The average molecular weight is 289 g/mol. The van der Waals surface area contributed by atoms with Gasteiger partial charge < -0.3 is 14.7 Å². The molecule has 0 bridgehead atoms. The zero-order chi connectivity index (χ0) is 15.4. The van der Waals surface area contributed by atoms with Gasteiger partial charge in [-0.3, -0.25) is 4.90 Å². The number of anilines is 1. The van der Waals surface area contributed by atoms with Crippen LogP contribution in [-0.4, -0.2) is 54.9 Å². The Hall–Kier alpha value is -2.59. The summed E-state index contributed by atoms with van der Waals surface area (Å²) in [6.45, 7) is 0.465. The summed E-state index contributed by atoms with van der Waals surface area (Å²) in [6.07, 6.45) is 0. The molecule has 2 rings (SSSR count). The molecule has 7 nitrogen and oxygen atoms in total. The van der Waals surface area contributed by atoms with Gasteiger partial charge in [0.15, 0.2) is 6.04 Å². The summed E-state index contributed by atoms with van der Waals surface area (Å²) in [5, 5.41) is 18.2. The molecule has 1 fully saturated rings. The zero-order valence-corrected chi connectivity index (χ0v) is 11.5. The number of para-hydroxylation sites is 1. The normalized spacial score (nSPS) is 17.9. The molecule has 1 N–H and O–H groups in total. The first-order valence-corrected chi connectivity index (χ1v) is 6.40. The maximum Gasteiger partial charge on any atom is 0.328 e. The van der Waals surface area contributed by atoms with Crippen molar-refractivity contribution in [3.05, 3.63) is 29.8 Å². The maximum absolute atomic E-state index is 12.5. The van der Waals surface area contributed by atoms with Crippen molar-refractivity contribution >= 4 is 17.7 Å². The molecule has 110 valence electrons. The quantitative estimate of drug-likeness (QED) is 0.873. The molecule has 1 aromatic rings. The van der Waals surface area contributed by atoms with Crippen molar-refractivity contribution in [3.8, 4) is 6.07 Å². The lowest BCUT2D eigenvalue weighted by Crippen LogP contribution is -2.56. The largest absolute Gasteiger partial charge is 0.480 e. The Morgan fingerprint density at radius 1 is 1.48 bits per heavy atom. The highest BCUT2D eigenvalue weighted by atomic mass is 16.5. The van der Waals surface area contributed by atoms with Crippen molar-refractivity contribution in [1.29, 1.82) is 5.26 Å². The predicted octanol–water partition coefficient (Wildman–Crippen LogP) is 0.900. The molecule has 0 aromatic heterocycles. The van der Waals surface area contributed by atoms with E-state index < -0.39 is 18.0 Å².